The van der Waals surface area contributed by atoms with E-state index in [1.165, 1.54) is 12.8 Å². The van der Waals surface area contributed by atoms with Crippen LogP contribution in [0.4, 0.5) is 5.95 Å². The predicted octanol–water partition coefficient (Wildman–Crippen LogP) is 2.46. The van der Waals surface area contributed by atoms with Gasteiger partial charge in [0.15, 0.2) is 0 Å². The quantitative estimate of drug-likeness (QED) is 0.744. The standard InChI is InChI=1S/C15H27N3O2/c1-3-19-9-5-7-18-11-13(2)17-15(18)16-10-14-6-4-8-20-12-14/h11,14H,3-10,12H2,1-2H3,(H,16,17). The fraction of sp³-hybridized carbons (Fsp3) is 0.800. The molecule has 0 spiro atoms. The van der Waals surface area contributed by atoms with E-state index < -0.39 is 0 Å². The molecule has 114 valence electrons. The molecule has 0 amide bonds. The lowest BCUT2D eigenvalue weighted by atomic mass is 10.0. The van der Waals surface area contributed by atoms with Gasteiger partial charge in [-0.2, -0.15) is 0 Å². The number of aryl methyl sites for hydroxylation is 2. The van der Waals surface area contributed by atoms with E-state index in [4.69, 9.17) is 9.47 Å². The maximum atomic E-state index is 5.51. The summed E-state index contributed by atoms with van der Waals surface area (Å²) in [7, 11) is 0. The van der Waals surface area contributed by atoms with Crippen LogP contribution in [0.15, 0.2) is 6.20 Å². The van der Waals surface area contributed by atoms with Gasteiger partial charge in [-0.3, -0.25) is 0 Å². The Bertz CT molecular complexity index is 386. The monoisotopic (exact) mass is 281 g/mol. The molecule has 5 nitrogen and oxygen atoms in total. The van der Waals surface area contributed by atoms with Crippen molar-refractivity contribution < 1.29 is 9.47 Å². The van der Waals surface area contributed by atoms with Gasteiger partial charge in [0.25, 0.3) is 0 Å². The largest absolute Gasteiger partial charge is 0.382 e. The third-order valence-corrected chi connectivity index (χ3v) is 3.59. The molecule has 20 heavy (non-hydrogen) atoms. The number of nitrogens with one attached hydrogen (secondary N) is 1. The Labute approximate surface area is 121 Å². The first-order valence-corrected chi connectivity index (χ1v) is 7.72. The minimum absolute atomic E-state index is 0.609. The normalized spacial score (nSPS) is 19.2. The van der Waals surface area contributed by atoms with Gasteiger partial charge in [0.05, 0.1) is 12.3 Å². The lowest BCUT2D eigenvalue weighted by Gasteiger charge is -2.22. The Morgan fingerprint density at radius 2 is 2.45 bits per heavy atom. The predicted molar refractivity (Wildman–Crippen MR) is 80.1 cm³/mol. The summed E-state index contributed by atoms with van der Waals surface area (Å²) >= 11 is 0. The van der Waals surface area contributed by atoms with Gasteiger partial charge in [-0.15, -0.1) is 0 Å². The van der Waals surface area contributed by atoms with Gasteiger partial charge >= 0.3 is 0 Å². The molecule has 1 atom stereocenters. The molecule has 1 aliphatic heterocycles. The van der Waals surface area contributed by atoms with Crippen LogP contribution in [0.1, 0.15) is 31.9 Å². The first-order chi connectivity index (χ1) is 9.79. The van der Waals surface area contributed by atoms with Crippen molar-refractivity contribution in [3.8, 4) is 0 Å². The minimum Gasteiger partial charge on any atom is -0.382 e. The molecular formula is C15H27N3O2. The lowest BCUT2D eigenvalue weighted by molar-refractivity contribution is 0.0594. The van der Waals surface area contributed by atoms with Gasteiger partial charge in [-0.25, -0.2) is 4.98 Å². The number of imidazole rings is 1. The molecule has 0 radical (unpaired) electrons. The molecule has 2 heterocycles. The topological polar surface area (TPSA) is 48.3 Å². The molecule has 2 rings (SSSR count). The number of anilines is 1. The number of aromatic nitrogens is 2. The van der Waals surface area contributed by atoms with Crippen molar-refractivity contribution in [1.29, 1.82) is 0 Å². The van der Waals surface area contributed by atoms with Crippen LogP contribution in [0.2, 0.25) is 0 Å². The van der Waals surface area contributed by atoms with Crippen LogP contribution in [0, 0.1) is 12.8 Å². The second kappa shape index (κ2) is 8.27. The highest BCUT2D eigenvalue weighted by molar-refractivity contribution is 5.28. The molecule has 1 aromatic rings. The van der Waals surface area contributed by atoms with Crippen molar-refractivity contribution in [3.63, 3.8) is 0 Å². The van der Waals surface area contributed by atoms with Crippen LogP contribution >= 0.6 is 0 Å². The van der Waals surface area contributed by atoms with Gasteiger partial charge in [0.1, 0.15) is 0 Å². The van der Waals surface area contributed by atoms with Crippen molar-refractivity contribution >= 4 is 5.95 Å². The van der Waals surface area contributed by atoms with Crippen LogP contribution in [-0.4, -0.2) is 42.5 Å². The highest BCUT2D eigenvalue weighted by Gasteiger charge is 2.14. The van der Waals surface area contributed by atoms with Crippen molar-refractivity contribution in [3.05, 3.63) is 11.9 Å². The Kier molecular flexibility index (Phi) is 6.33. The van der Waals surface area contributed by atoms with Gasteiger partial charge < -0.3 is 19.4 Å². The Morgan fingerprint density at radius 1 is 1.55 bits per heavy atom. The van der Waals surface area contributed by atoms with Crippen LogP contribution in [-0.2, 0) is 16.0 Å². The fourth-order valence-electron chi connectivity index (χ4n) is 2.54. The molecule has 1 unspecified atom stereocenters. The van der Waals surface area contributed by atoms with Gasteiger partial charge in [0.2, 0.25) is 5.95 Å². The summed E-state index contributed by atoms with van der Waals surface area (Å²) in [6.07, 6.45) is 5.54. The maximum Gasteiger partial charge on any atom is 0.203 e. The van der Waals surface area contributed by atoms with Crippen molar-refractivity contribution in [1.82, 2.24) is 9.55 Å². The molecule has 1 N–H and O–H groups in total. The summed E-state index contributed by atoms with van der Waals surface area (Å²) in [6.45, 7) is 9.35. The molecule has 0 saturated carbocycles. The Balaban J connectivity index is 1.80. The zero-order valence-electron chi connectivity index (χ0n) is 12.7. The number of nitrogens with zero attached hydrogens (tertiary/aromatic N) is 2. The van der Waals surface area contributed by atoms with E-state index in [2.05, 4.69) is 21.1 Å². The summed E-state index contributed by atoms with van der Waals surface area (Å²) < 4.78 is 13.1. The molecular weight excluding hydrogens is 254 g/mol. The second-order valence-corrected chi connectivity index (χ2v) is 5.41. The van der Waals surface area contributed by atoms with Crippen molar-refractivity contribution in [2.45, 2.75) is 39.7 Å². The van der Waals surface area contributed by atoms with E-state index in [-0.39, 0.29) is 0 Å². The number of hydrogen-bond acceptors (Lipinski definition) is 4. The highest BCUT2D eigenvalue weighted by Crippen LogP contribution is 2.15. The van der Waals surface area contributed by atoms with Gasteiger partial charge in [-0.1, -0.05) is 0 Å². The molecule has 1 saturated heterocycles. The van der Waals surface area contributed by atoms with Crippen molar-refractivity contribution in [2.24, 2.45) is 5.92 Å². The molecule has 1 fully saturated rings. The molecule has 0 aromatic carbocycles. The molecule has 0 aliphatic carbocycles. The molecule has 1 aromatic heterocycles. The summed E-state index contributed by atoms with van der Waals surface area (Å²) in [5.74, 6) is 1.59. The fourth-order valence-corrected chi connectivity index (χ4v) is 2.54. The Morgan fingerprint density at radius 3 is 3.20 bits per heavy atom. The van der Waals surface area contributed by atoms with Gasteiger partial charge in [-0.05, 0) is 39.0 Å². The van der Waals surface area contributed by atoms with Gasteiger partial charge in [0, 0.05) is 39.1 Å². The third-order valence-electron chi connectivity index (χ3n) is 3.59. The van der Waals surface area contributed by atoms with Crippen LogP contribution < -0.4 is 5.32 Å². The number of rotatable bonds is 8. The number of ether oxygens (including phenoxy) is 2. The summed E-state index contributed by atoms with van der Waals surface area (Å²) in [4.78, 5) is 4.56. The first kappa shape index (κ1) is 15.3. The first-order valence-electron chi connectivity index (χ1n) is 7.72. The van der Waals surface area contributed by atoms with Crippen LogP contribution in [0.25, 0.3) is 0 Å². The highest BCUT2D eigenvalue weighted by atomic mass is 16.5. The molecule has 1 aliphatic rings. The zero-order valence-corrected chi connectivity index (χ0v) is 12.7. The van der Waals surface area contributed by atoms with Crippen LogP contribution in [0.5, 0.6) is 0 Å². The van der Waals surface area contributed by atoms with Crippen molar-refractivity contribution in [2.75, 3.05) is 38.3 Å². The minimum atomic E-state index is 0.609. The van der Waals surface area contributed by atoms with E-state index in [1.54, 1.807) is 0 Å². The average Bonchev–Trinajstić information content (AvgIpc) is 2.83. The maximum absolute atomic E-state index is 5.51. The van der Waals surface area contributed by atoms with E-state index >= 15 is 0 Å². The summed E-state index contributed by atoms with van der Waals surface area (Å²) in [5.41, 5.74) is 1.06. The SMILES string of the molecule is CCOCCCn1cc(C)nc1NCC1CCCOC1. The van der Waals surface area contributed by atoms with E-state index in [9.17, 15) is 0 Å². The van der Waals surface area contributed by atoms with E-state index in [0.717, 1.165) is 57.6 Å². The lowest BCUT2D eigenvalue weighted by Crippen LogP contribution is -2.25. The molecule has 5 heteroatoms. The average molecular weight is 281 g/mol. The summed E-state index contributed by atoms with van der Waals surface area (Å²) in [5, 5.41) is 3.48. The van der Waals surface area contributed by atoms with E-state index in [1.807, 2.05) is 13.8 Å². The second-order valence-electron chi connectivity index (χ2n) is 5.41. The zero-order chi connectivity index (χ0) is 14.2. The third kappa shape index (κ3) is 4.80. The van der Waals surface area contributed by atoms with E-state index in [0.29, 0.717) is 5.92 Å². The summed E-state index contributed by atoms with van der Waals surface area (Å²) in [6, 6.07) is 0. The molecule has 0 bridgehead atoms. The number of hydrogen-bond donors (Lipinski definition) is 1. The van der Waals surface area contributed by atoms with Crippen LogP contribution in [0.3, 0.4) is 0 Å². The smallest absolute Gasteiger partial charge is 0.203 e. The Hall–Kier alpha value is -1.07.